The van der Waals surface area contributed by atoms with Crippen molar-refractivity contribution >= 4 is 17.4 Å². The minimum atomic E-state index is -0.905. The summed E-state index contributed by atoms with van der Waals surface area (Å²) in [7, 11) is 1.66. The van der Waals surface area contributed by atoms with Crippen LogP contribution in [0.25, 0.3) is 16.6 Å². The van der Waals surface area contributed by atoms with Crippen LogP contribution in [0, 0.1) is 0 Å². The first kappa shape index (κ1) is 26.6. The van der Waals surface area contributed by atoms with E-state index < -0.39 is 11.1 Å². The molecule has 11 heteroatoms. The van der Waals surface area contributed by atoms with Crippen molar-refractivity contribution in [1.82, 2.24) is 29.3 Å². The van der Waals surface area contributed by atoms with E-state index >= 15 is 0 Å². The van der Waals surface area contributed by atoms with Crippen molar-refractivity contribution in [3.8, 4) is 11.1 Å². The average molecular weight is 526 g/mol. The number of likely N-dealkylation sites (tertiary alicyclic amines) is 1. The third-order valence-corrected chi connectivity index (χ3v) is 7.79. The van der Waals surface area contributed by atoms with Gasteiger partial charge in [0, 0.05) is 42.1 Å². The van der Waals surface area contributed by atoms with Crippen LogP contribution in [0.5, 0.6) is 0 Å². The number of anilines is 1. The Morgan fingerprint density at radius 3 is 2.63 bits per heavy atom. The average Bonchev–Trinajstić information content (AvgIpc) is 3.48. The van der Waals surface area contributed by atoms with Crippen molar-refractivity contribution in [3.63, 3.8) is 0 Å². The first-order valence-corrected chi connectivity index (χ1v) is 13.4. The molecule has 0 spiro atoms. The van der Waals surface area contributed by atoms with E-state index in [0.717, 1.165) is 48.0 Å². The van der Waals surface area contributed by atoms with E-state index in [-0.39, 0.29) is 24.0 Å². The van der Waals surface area contributed by atoms with Gasteiger partial charge in [0.2, 0.25) is 11.9 Å². The molecule has 3 N–H and O–H groups in total. The maximum absolute atomic E-state index is 13.2. The number of nitrogens with one attached hydrogen (secondary N) is 1. The summed E-state index contributed by atoms with van der Waals surface area (Å²) < 4.78 is 8.90. The molecule has 4 heterocycles. The van der Waals surface area contributed by atoms with Crippen molar-refractivity contribution in [2.24, 2.45) is 0 Å². The number of hydrogen-bond acceptors (Lipinski definition) is 8. The molecule has 1 amide bonds. The molecule has 1 saturated carbocycles. The summed E-state index contributed by atoms with van der Waals surface area (Å²) in [6.45, 7) is 8.62. The van der Waals surface area contributed by atoms with Crippen LogP contribution in [0.15, 0.2) is 24.7 Å². The van der Waals surface area contributed by atoms with Crippen molar-refractivity contribution in [1.29, 1.82) is 0 Å². The molecule has 1 aliphatic carbocycles. The number of carbonyl (C=O) groups excluding carboxylic acids is 1. The second kappa shape index (κ2) is 9.94. The molecule has 0 radical (unpaired) electrons. The third-order valence-electron chi connectivity index (χ3n) is 7.79. The molecule has 3 aromatic heterocycles. The van der Waals surface area contributed by atoms with E-state index in [1.54, 1.807) is 29.8 Å². The van der Waals surface area contributed by atoms with Crippen LogP contribution < -0.4 is 5.32 Å². The third kappa shape index (κ3) is 5.02. The molecule has 1 aliphatic heterocycles. The van der Waals surface area contributed by atoms with Crippen molar-refractivity contribution in [3.05, 3.63) is 30.4 Å². The lowest BCUT2D eigenvalue weighted by molar-refractivity contribution is -0.160. The summed E-state index contributed by atoms with van der Waals surface area (Å²) in [4.78, 5) is 19.4. The number of rotatable bonds is 8. The fourth-order valence-corrected chi connectivity index (χ4v) is 5.66. The minimum Gasteiger partial charge on any atom is -0.393 e. The highest BCUT2D eigenvalue weighted by Gasteiger charge is 2.45. The Hall–Kier alpha value is -3.02. The molecule has 11 nitrogen and oxygen atoms in total. The van der Waals surface area contributed by atoms with Gasteiger partial charge in [0.25, 0.3) is 0 Å². The number of fused-ring (bicyclic) bond motifs is 1. The number of methoxy groups -OCH3 is 1. The number of β-amino-alcohol motifs (C(OH)–C–C–N with tert-alkyl or cyclic N) is 1. The summed E-state index contributed by atoms with van der Waals surface area (Å²) >= 11 is 0. The zero-order valence-corrected chi connectivity index (χ0v) is 22.9. The van der Waals surface area contributed by atoms with Crippen LogP contribution >= 0.6 is 0 Å². The molecule has 2 fully saturated rings. The zero-order valence-electron chi connectivity index (χ0n) is 22.9. The fraction of sp³-hybridized carbons (Fsp3) is 0.630. The number of nitrogens with zero attached hydrogens (tertiary/aromatic N) is 6. The van der Waals surface area contributed by atoms with Gasteiger partial charge in [-0.15, -0.1) is 5.10 Å². The highest BCUT2D eigenvalue weighted by atomic mass is 16.5. The van der Waals surface area contributed by atoms with Crippen molar-refractivity contribution in [2.75, 3.05) is 32.1 Å². The number of carbonyl (C=O) groups is 1. The quantitative estimate of drug-likeness (QED) is 0.409. The van der Waals surface area contributed by atoms with Crippen LogP contribution in [0.4, 0.5) is 5.95 Å². The van der Waals surface area contributed by atoms with Gasteiger partial charge < -0.3 is 25.2 Å². The highest BCUT2D eigenvalue weighted by Crippen LogP contribution is 2.38. The molecule has 1 atom stereocenters. The van der Waals surface area contributed by atoms with Crippen LogP contribution in [-0.2, 0) is 15.1 Å². The lowest BCUT2D eigenvalue weighted by Crippen LogP contribution is -2.65. The second-order valence-electron chi connectivity index (χ2n) is 11.8. The van der Waals surface area contributed by atoms with Crippen molar-refractivity contribution in [2.45, 2.75) is 82.6 Å². The SMILES string of the molecule is COC[C@H](C)Nc1ncc2c(-c3cnn(C(C)(C)C(=O)N4CC(C)(O)C4)c3)cc([C@H]3CC[C@H](O)CC3)n2n1. The maximum Gasteiger partial charge on any atom is 0.250 e. The van der Waals surface area contributed by atoms with Crippen LogP contribution in [0.2, 0.25) is 0 Å². The van der Waals surface area contributed by atoms with E-state index in [4.69, 9.17) is 9.84 Å². The predicted molar refractivity (Wildman–Crippen MR) is 143 cm³/mol. The smallest absolute Gasteiger partial charge is 0.250 e. The predicted octanol–water partition coefficient (Wildman–Crippen LogP) is 2.39. The number of aliphatic hydroxyl groups excluding tert-OH is 1. The van der Waals surface area contributed by atoms with Gasteiger partial charge in [0.05, 0.1) is 49.3 Å². The standard InChI is InChI=1S/C27H39N7O4/c1-17(14-38-5)30-25-28-12-23-21(10-22(34(23)31-25)18-6-8-20(35)9-7-18)19-11-29-33(13-19)26(2,3)24(36)32-15-27(4,37)16-32/h10-13,17-18,20,35,37H,6-9,14-16H2,1-5H3,(H,30,31)/t17-,18-,20-/m0/s1. The van der Waals surface area contributed by atoms with Gasteiger partial charge in [-0.2, -0.15) is 5.10 Å². The number of aromatic nitrogens is 5. The lowest BCUT2D eigenvalue weighted by atomic mass is 9.85. The van der Waals surface area contributed by atoms with E-state index in [2.05, 4.69) is 21.5 Å². The summed E-state index contributed by atoms with van der Waals surface area (Å²) in [6, 6.07) is 2.20. The largest absolute Gasteiger partial charge is 0.393 e. The molecule has 1 saturated heterocycles. The summed E-state index contributed by atoms with van der Waals surface area (Å²) in [5.41, 5.74) is 2.03. The summed E-state index contributed by atoms with van der Waals surface area (Å²) in [6.07, 6.45) is 8.56. The maximum atomic E-state index is 13.2. The number of hydrogen-bond donors (Lipinski definition) is 3. The Morgan fingerprint density at radius 1 is 1.26 bits per heavy atom. The van der Waals surface area contributed by atoms with Gasteiger partial charge in [-0.3, -0.25) is 9.48 Å². The molecule has 3 aromatic rings. The minimum absolute atomic E-state index is 0.0499. The van der Waals surface area contributed by atoms with Gasteiger partial charge >= 0.3 is 0 Å². The number of amides is 1. The van der Waals surface area contributed by atoms with Gasteiger partial charge in [-0.05, 0) is 59.4 Å². The molecule has 0 unspecified atom stereocenters. The molecule has 0 bridgehead atoms. The van der Waals surface area contributed by atoms with Gasteiger partial charge in [-0.25, -0.2) is 9.50 Å². The zero-order chi connectivity index (χ0) is 27.2. The first-order chi connectivity index (χ1) is 18.0. The summed E-state index contributed by atoms with van der Waals surface area (Å²) in [5, 5.41) is 32.9. The lowest BCUT2D eigenvalue weighted by Gasteiger charge is -2.46. The van der Waals surface area contributed by atoms with E-state index in [1.165, 1.54) is 0 Å². The molecular weight excluding hydrogens is 486 g/mol. The summed E-state index contributed by atoms with van der Waals surface area (Å²) in [5.74, 6) is 0.714. The Kier molecular flexibility index (Phi) is 6.95. The molecule has 0 aromatic carbocycles. The van der Waals surface area contributed by atoms with Gasteiger partial charge in [0.1, 0.15) is 5.54 Å². The van der Waals surface area contributed by atoms with Crippen LogP contribution in [0.1, 0.15) is 65.0 Å². The number of aliphatic hydroxyl groups is 2. The molecule has 206 valence electrons. The Labute approximate surface area is 222 Å². The Bertz CT molecular complexity index is 1300. The fourth-order valence-electron chi connectivity index (χ4n) is 5.66. The second-order valence-corrected chi connectivity index (χ2v) is 11.8. The molecule has 38 heavy (non-hydrogen) atoms. The normalized spacial score (nSPS) is 22.3. The van der Waals surface area contributed by atoms with Crippen LogP contribution in [-0.4, -0.2) is 90.0 Å². The van der Waals surface area contributed by atoms with E-state index in [9.17, 15) is 15.0 Å². The molecular formula is C27H39N7O4. The van der Waals surface area contributed by atoms with Gasteiger partial charge in [-0.1, -0.05) is 0 Å². The first-order valence-electron chi connectivity index (χ1n) is 13.4. The van der Waals surface area contributed by atoms with E-state index in [0.29, 0.717) is 25.6 Å². The topological polar surface area (TPSA) is 130 Å². The van der Waals surface area contributed by atoms with E-state index in [1.807, 2.05) is 37.7 Å². The number of ether oxygens (including phenoxy) is 1. The molecule has 5 rings (SSSR count). The highest BCUT2D eigenvalue weighted by molar-refractivity contribution is 5.85. The molecule has 2 aliphatic rings. The van der Waals surface area contributed by atoms with Crippen molar-refractivity contribution < 1.29 is 19.7 Å². The monoisotopic (exact) mass is 525 g/mol. The Balaban J connectivity index is 1.49. The van der Waals surface area contributed by atoms with Crippen LogP contribution in [0.3, 0.4) is 0 Å². The Morgan fingerprint density at radius 2 is 1.97 bits per heavy atom. The van der Waals surface area contributed by atoms with Gasteiger partial charge in [0.15, 0.2) is 0 Å².